The number of carbonyl (C=O) groups excluding carboxylic acids is 1. The topological polar surface area (TPSA) is 121 Å². The van der Waals surface area contributed by atoms with Crippen LogP contribution < -0.4 is 10.1 Å². The van der Waals surface area contributed by atoms with Gasteiger partial charge in [0, 0.05) is 23.5 Å². The maximum Gasteiger partial charge on any atom is 0.268 e. The van der Waals surface area contributed by atoms with Crippen LogP contribution in [0.4, 0.5) is 0 Å². The number of aromatic nitrogens is 2. The first-order valence-electron chi connectivity index (χ1n) is 12.8. The average molecular weight is 531 g/mol. The number of amides is 1. The van der Waals surface area contributed by atoms with Crippen molar-refractivity contribution in [2.75, 3.05) is 33.4 Å². The number of hydrogen-bond acceptors (Lipinski definition) is 9. The SMILES string of the molecule is CCCN(C)Cc1sc(-c2nc(-c3cc(C)c(OCC(O)CNC(=O)CO)c(CC)c3)no2)cc1CC. The number of hydrogen-bond donors (Lipinski definition) is 3. The Morgan fingerprint density at radius 2 is 1.97 bits per heavy atom. The lowest BCUT2D eigenvalue weighted by Gasteiger charge is -2.17. The van der Waals surface area contributed by atoms with E-state index in [-0.39, 0.29) is 13.2 Å². The minimum Gasteiger partial charge on any atom is -0.490 e. The van der Waals surface area contributed by atoms with Crippen molar-refractivity contribution in [1.29, 1.82) is 0 Å². The number of nitrogens with zero attached hydrogens (tertiary/aromatic N) is 3. The zero-order chi connectivity index (χ0) is 26.9. The fourth-order valence-electron chi connectivity index (χ4n) is 4.12. The average Bonchev–Trinajstić information content (AvgIpc) is 3.53. The van der Waals surface area contributed by atoms with Crippen LogP contribution in [0.25, 0.3) is 22.2 Å². The van der Waals surface area contributed by atoms with E-state index in [1.807, 2.05) is 26.0 Å². The molecule has 37 heavy (non-hydrogen) atoms. The number of aliphatic hydroxyl groups is 2. The minimum atomic E-state index is -0.899. The highest BCUT2D eigenvalue weighted by Crippen LogP contribution is 2.34. The molecule has 0 radical (unpaired) electrons. The summed E-state index contributed by atoms with van der Waals surface area (Å²) in [6, 6.07) is 6.08. The summed E-state index contributed by atoms with van der Waals surface area (Å²) >= 11 is 1.71. The quantitative estimate of drug-likeness (QED) is 0.289. The smallest absolute Gasteiger partial charge is 0.268 e. The normalized spacial score (nSPS) is 12.2. The van der Waals surface area contributed by atoms with E-state index in [1.165, 1.54) is 10.4 Å². The zero-order valence-electron chi connectivity index (χ0n) is 22.3. The molecular formula is C27H38N4O5S. The highest BCUT2D eigenvalue weighted by molar-refractivity contribution is 7.15. The van der Waals surface area contributed by atoms with Crippen molar-refractivity contribution in [3.05, 3.63) is 39.8 Å². The van der Waals surface area contributed by atoms with Crippen LogP contribution in [0.3, 0.4) is 0 Å². The van der Waals surface area contributed by atoms with Gasteiger partial charge in [-0.25, -0.2) is 0 Å². The van der Waals surface area contributed by atoms with Crippen molar-refractivity contribution in [2.24, 2.45) is 0 Å². The van der Waals surface area contributed by atoms with E-state index < -0.39 is 18.6 Å². The summed E-state index contributed by atoms with van der Waals surface area (Å²) in [7, 11) is 2.14. The van der Waals surface area contributed by atoms with Gasteiger partial charge in [-0.2, -0.15) is 4.98 Å². The number of benzene rings is 1. The van der Waals surface area contributed by atoms with Crippen LogP contribution in [-0.2, 0) is 24.2 Å². The summed E-state index contributed by atoms with van der Waals surface area (Å²) in [5, 5.41) is 25.6. The van der Waals surface area contributed by atoms with E-state index >= 15 is 0 Å². The fraction of sp³-hybridized carbons (Fsp3) is 0.519. The van der Waals surface area contributed by atoms with Crippen LogP contribution in [0, 0.1) is 6.92 Å². The highest BCUT2D eigenvalue weighted by atomic mass is 32.1. The van der Waals surface area contributed by atoms with Gasteiger partial charge < -0.3 is 29.7 Å². The molecule has 1 atom stereocenters. The van der Waals surface area contributed by atoms with E-state index in [0.717, 1.165) is 47.5 Å². The second kappa shape index (κ2) is 13.7. The predicted molar refractivity (Wildman–Crippen MR) is 145 cm³/mol. The summed E-state index contributed by atoms with van der Waals surface area (Å²) in [5.41, 5.74) is 3.99. The summed E-state index contributed by atoms with van der Waals surface area (Å²) in [5.74, 6) is 1.18. The number of aliphatic hydroxyl groups excluding tert-OH is 2. The molecular weight excluding hydrogens is 492 g/mol. The Kier molecular flexibility index (Phi) is 10.6. The van der Waals surface area contributed by atoms with Crippen LogP contribution in [-0.4, -0.2) is 70.6 Å². The molecule has 0 fully saturated rings. The molecule has 9 nitrogen and oxygen atoms in total. The second-order valence-electron chi connectivity index (χ2n) is 9.14. The first-order chi connectivity index (χ1) is 17.8. The van der Waals surface area contributed by atoms with Gasteiger partial charge in [0.2, 0.25) is 11.7 Å². The minimum absolute atomic E-state index is 0.00267. The molecule has 0 saturated heterocycles. The molecule has 0 aliphatic carbocycles. The van der Waals surface area contributed by atoms with E-state index in [9.17, 15) is 9.90 Å². The monoisotopic (exact) mass is 530 g/mol. The van der Waals surface area contributed by atoms with E-state index in [2.05, 4.69) is 42.3 Å². The Balaban J connectivity index is 1.76. The molecule has 1 aromatic carbocycles. The van der Waals surface area contributed by atoms with Gasteiger partial charge in [-0.3, -0.25) is 4.79 Å². The Bertz CT molecular complexity index is 1180. The lowest BCUT2D eigenvalue weighted by Crippen LogP contribution is -2.36. The fourth-order valence-corrected chi connectivity index (χ4v) is 5.38. The molecule has 202 valence electrons. The molecule has 1 unspecified atom stereocenters. The highest BCUT2D eigenvalue weighted by Gasteiger charge is 2.19. The summed E-state index contributed by atoms with van der Waals surface area (Å²) in [6.07, 6.45) is 1.89. The molecule has 2 heterocycles. The standard InChI is InChI=1S/C27H38N4O5S/c1-6-9-31(5)14-23-18(7-2)12-22(37-23)27-29-26(30-36-27)20-10-17(4)25(19(8-3)11-20)35-16-21(33)13-28-24(34)15-32/h10-12,21,32-33H,6-9,13-16H2,1-5H3,(H,28,34). The lowest BCUT2D eigenvalue weighted by molar-refractivity contribution is -0.124. The van der Waals surface area contributed by atoms with Crippen LogP contribution in [0.15, 0.2) is 22.7 Å². The summed E-state index contributed by atoms with van der Waals surface area (Å²) in [6.45, 7) is 9.68. The largest absolute Gasteiger partial charge is 0.490 e. The van der Waals surface area contributed by atoms with Gasteiger partial charge >= 0.3 is 0 Å². The summed E-state index contributed by atoms with van der Waals surface area (Å²) in [4.78, 5) is 20.5. The third-order valence-electron chi connectivity index (χ3n) is 6.02. The molecule has 2 aromatic heterocycles. The number of ether oxygens (including phenoxy) is 1. The Morgan fingerprint density at radius 1 is 1.22 bits per heavy atom. The molecule has 0 bridgehead atoms. The van der Waals surface area contributed by atoms with Crippen LogP contribution >= 0.6 is 11.3 Å². The van der Waals surface area contributed by atoms with Gasteiger partial charge in [0.05, 0.1) is 4.88 Å². The van der Waals surface area contributed by atoms with Crippen LogP contribution in [0.1, 0.15) is 48.8 Å². The molecule has 3 aromatic rings. The lowest BCUT2D eigenvalue weighted by atomic mass is 10.0. The Morgan fingerprint density at radius 3 is 2.65 bits per heavy atom. The Labute approximate surface area is 222 Å². The molecule has 0 aliphatic rings. The molecule has 0 spiro atoms. The van der Waals surface area contributed by atoms with Crippen LogP contribution in [0.2, 0.25) is 0 Å². The number of nitrogens with one attached hydrogen (secondary N) is 1. The van der Waals surface area contributed by atoms with Crippen molar-refractivity contribution in [3.8, 4) is 27.9 Å². The number of thiophene rings is 1. The first kappa shape index (κ1) is 28.8. The van der Waals surface area contributed by atoms with Gasteiger partial charge in [0.25, 0.3) is 5.89 Å². The maximum atomic E-state index is 11.2. The number of rotatable bonds is 14. The van der Waals surface area contributed by atoms with Crippen LogP contribution in [0.5, 0.6) is 5.75 Å². The van der Waals surface area contributed by atoms with Crippen molar-refractivity contribution in [3.63, 3.8) is 0 Å². The van der Waals surface area contributed by atoms with Crippen molar-refractivity contribution < 1.29 is 24.3 Å². The Hall–Kier alpha value is -2.79. The van der Waals surface area contributed by atoms with E-state index in [4.69, 9.17) is 19.4 Å². The third-order valence-corrected chi connectivity index (χ3v) is 7.17. The van der Waals surface area contributed by atoms with Gasteiger partial charge in [-0.1, -0.05) is 25.9 Å². The van der Waals surface area contributed by atoms with Gasteiger partial charge in [-0.15, -0.1) is 11.3 Å². The molecule has 0 saturated carbocycles. The van der Waals surface area contributed by atoms with E-state index in [1.54, 1.807) is 11.3 Å². The van der Waals surface area contributed by atoms with Crippen molar-refractivity contribution in [1.82, 2.24) is 20.4 Å². The van der Waals surface area contributed by atoms with E-state index in [0.29, 0.717) is 23.9 Å². The molecule has 3 N–H and O–H groups in total. The van der Waals surface area contributed by atoms with Crippen molar-refractivity contribution >= 4 is 17.2 Å². The van der Waals surface area contributed by atoms with Gasteiger partial charge in [0.1, 0.15) is 25.1 Å². The molecule has 0 aliphatic heterocycles. The third kappa shape index (κ3) is 7.61. The molecule has 1 amide bonds. The molecule has 3 rings (SSSR count). The van der Waals surface area contributed by atoms with Gasteiger partial charge in [0.15, 0.2) is 0 Å². The first-order valence-corrected chi connectivity index (χ1v) is 13.6. The second-order valence-corrected chi connectivity index (χ2v) is 10.3. The number of carbonyl (C=O) groups is 1. The molecule has 10 heteroatoms. The number of aryl methyl sites for hydroxylation is 3. The van der Waals surface area contributed by atoms with Crippen molar-refractivity contribution in [2.45, 2.75) is 59.6 Å². The predicted octanol–water partition coefficient (Wildman–Crippen LogP) is 3.59. The summed E-state index contributed by atoms with van der Waals surface area (Å²) < 4.78 is 11.6. The van der Waals surface area contributed by atoms with Gasteiger partial charge in [-0.05, 0) is 74.7 Å². The zero-order valence-corrected chi connectivity index (χ0v) is 23.2. The maximum absolute atomic E-state index is 11.2.